The molecular weight excluding hydrogens is 369 g/mol. The Morgan fingerprint density at radius 2 is 2.04 bits per heavy atom. The minimum absolute atomic E-state index is 0.0542. The highest BCUT2D eigenvalue weighted by Gasteiger charge is 2.30. The van der Waals surface area contributed by atoms with Gasteiger partial charge in [-0.1, -0.05) is 29.3 Å². The van der Waals surface area contributed by atoms with Crippen molar-refractivity contribution in [1.29, 1.82) is 0 Å². The predicted molar refractivity (Wildman–Crippen MR) is 94.4 cm³/mol. The number of carbonyl (C=O) groups excluding carboxylic acids is 1. The summed E-state index contributed by atoms with van der Waals surface area (Å²) in [4.78, 5) is 25.4. The Labute approximate surface area is 156 Å². The third-order valence-electron chi connectivity index (χ3n) is 4.05. The van der Waals surface area contributed by atoms with E-state index in [1.807, 2.05) is 0 Å². The molecule has 0 unspecified atom stereocenters. The number of halogens is 2. The molecule has 1 saturated heterocycles. The van der Waals surface area contributed by atoms with Crippen LogP contribution in [0.1, 0.15) is 26.2 Å². The van der Waals surface area contributed by atoms with Crippen molar-refractivity contribution in [2.24, 2.45) is 0 Å². The molecule has 0 aliphatic carbocycles. The first-order valence-corrected chi connectivity index (χ1v) is 8.86. The second kappa shape index (κ2) is 9.27. The molecule has 6 nitrogen and oxygen atoms in total. The third-order valence-corrected chi connectivity index (χ3v) is 4.85. The molecule has 1 aromatic rings. The number of benzene rings is 1. The number of amides is 1. The molecule has 2 rings (SSSR count). The summed E-state index contributed by atoms with van der Waals surface area (Å²) < 4.78 is 11.0. The monoisotopic (exact) mass is 389 g/mol. The summed E-state index contributed by atoms with van der Waals surface area (Å²) in [6.07, 6.45) is 0.423. The van der Waals surface area contributed by atoms with Crippen LogP contribution in [0, 0.1) is 0 Å². The minimum Gasteiger partial charge on any atom is -0.481 e. The normalized spacial score (nSPS) is 16.3. The van der Waals surface area contributed by atoms with Crippen LogP contribution in [-0.2, 0) is 14.3 Å². The molecule has 0 saturated carbocycles. The van der Waals surface area contributed by atoms with Crippen molar-refractivity contribution in [2.45, 2.75) is 38.3 Å². The highest BCUT2D eigenvalue weighted by molar-refractivity contribution is 6.42. The number of aliphatic carboxylic acids is 1. The Kier molecular flexibility index (Phi) is 7.35. The Hall–Kier alpha value is -1.50. The summed E-state index contributed by atoms with van der Waals surface area (Å²) in [5, 5.41) is 9.54. The van der Waals surface area contributed by atoms with Gasteiger partial charge in [0.2, 0.25) is 0 Å². The van der Waals surface area contributed by atoms with E-state index in [0.717, 1.165) is 0 Å². The van der Waals surface area contributed by atoms with Crippen LogP contribution in [0.25, 0.3) is 0 Å². The summed E-state index contributed by atoms with van der Waals surface area (Å²) in [6, 6.07) is 4.89. The summed E-state index contributed by atoms with van der Waals surface area (Å²) in [7, 11) is 0. The Morgan fingerprint density at radius 3 is 2.68 bits per heavy atom. The van der Waals surface area contributed by atoms with E-state index in [4.69, 9.17) is 37.8 Å². The number of nitrogens with zero attached hydrogens (tertiary/aromatic N) is 1. The van der Waals surface area contributed by atoms with Gasteiger partial charge in [-0.3, -0.25) is 9.59 Å². The van der Waals surface area contributed by atoms with E-state index in [1.54, 1.807) is 30.0 Å². The van der Waals surface area contributed by atoms with Crippen molar-refractivity contribution < 1.29 is 24.2 Å². The zero-order valence-corrected chi connectivity index (χ0v) is 15.4. The van der Waals surface area contributed by atoms with Crippen molar-refractivity contribution in [3.8, 4) is 5.75 Å². The van der Waals surface area contributed by atoms with Crippen LogP contribution in [0.15, 0.2) is 18.2 Å². The SMILES string of the molecule is C[C@@H](Oc1cccc(Cl)c1Cl)C(=O)N(CCC(=O)O)C1CCOCC1. The van der Waals surface area contributed by atoms with E-state index >= 15 is 0 Å². The molecule has 8 heteroatoms. The fourth-order valence-corrected chi connectivity index (χ4v) is 3.07. The maximum atomic E-state index is 12.8. The molecule has 0 spiro atoms. The van der Waals surface area contributed by atoms with Crippen molar-refractivity contribution in [3.63, 3.8) is 0 Å². The average Bonchev–Trinajstić information content (AvgIpc) is 2.59. The van der Waals surface area contributed by atoms with Gasteiger partial charge in [-0.05, 0) is 31.9 Å². The van der Waals surface area contributed by atoms with Crippen molar-refractivity contribution in [3.05, 3.63) is 28.2 Å². The molecule has 0 aromatic heterocycles. The number of rotatable bonds is 7. The van der Waals surface area contributed by atoms with E-state index in [0.29, 0.717) is 36.8 Å². The van der Waals surface area contributed by atoms with Gasteiger partial charge in [0.05, 0.1) is 11.4 Å². The van der Waals surface area contributed by atoms with E-state index in [-0.39, 0.29) is 29.9 Å². The first-order chi connectivity index (χ1) is 11.9. The zero-order chi connectivity index (χ0) is 18.4. The lowest BCUT2D eigenvalue weighted by atomic mass is 10.1. The standard InChI is InChI=1S/C17H21Cl2NO5/c1-11(25-14-4-2-3-13(18)16(14)19)17(23)20(8-5-15(21)22)12-6-9-24-10-7-12/h2-4,11-12H,5-10H2,1H3,(H,21,22)/t11-/m1/s1. The first kappa shape index (κ1) is 19.8. The third kappa shape index (κ3) is 5.49. The number of ether oxygens (including phenoxy) is 2. The molecule has 138 valence electrons. The predicted octanol–water partition coefficient (Wildman–Crippen LogP) is 3.24. The number of hydrogen-bond donors (Lipinski definition) is 1. The van der Waals surface area contributed by atoms with Crippen molar-refractivity contribution in [2.75, 3.05) is 19.8 Å². The van der Waals surface area contributed by atoms with Crippen molar-refractivity contribution >= 4 is 35.1 Å². The molecule has 1 aromatic carbocycles. The lowest BCUT2D eigenvalue weighted by molar-refractivity contribution is -0.144. The fourth-order valence-electron chi connectivity index (χ4n) is 2.74. The van der Waals surface area contributed by atoms with Gasteiger partial charge in [-0.2, -0.15) is 0 Å². The second-order valence-electron chi connectivity index (χ2n) is 5.83. The van der Waals surface area contributed by atoms with Crippen LogP contribution in [-0.4, -0.2) is 53.8 Å². The van der Waals surface area contributed by atoms with Gasteiger partial charge >= 0.3 is 5.97 Å². The van der Waals surface area contributed by atoms with Gasteiger partial charge in [-0.15, -0.1) is 0 Å². The molecule has 1 N–H and O–H groups in total. The van der Waals surface area contributed by atoms with Crippen LogP contribution >= 0.6 is 23.2 Å². The average molecular weight is 390 g/mol. The second-order valence-corrected chi connectivity index (χ2v) is 6.62. The largest absolute Gasteiger partial charge is 0.481 e. The van der Waals surface area contributed by atoms with Crippen LogP contribution in [0.3, 0.4) is 0 Å². The summed E-state index contributed by atoms with van der Waals surface area (Å²) in [5.74, 6) is -0.902. The quantitative estimate of drug-likeness (QED) is 0.774. The van der Waals surface area contributed by atoms with Crippen molar-refractivity contribution in [1.82, 2.24) is 4.90 Å². The zero-order valence-electron chi connectivity index (χ0n) is 13.9. The minimum atomic E-state index is -0.948. The van der Waals surface area contributed by atoms with Gasteiger partial charge in [-0.25, -0.2) is 0 Å². The lowest BCUT2D eigenvalue weighted by Crippen LogP contribution is -2.49. The van der Waals surface area contributed by atoms with Gasteiger partial charge in [0.1, 0.15) is 10.8 Å². The number of carboxylic acid groups (broad SMARTS) is 1. The van der Waals surface area contributed by atoms with E-state index < -0.39 is 12.1 Å². The number of hydrogen-bond acceptors (Lipinski definition) is 4. The molecule has 1 aliphatic rings. The van der Waals surface area contributed by atoms with E-state index in [2.05, 4.69) is 0 Å². The maximum Gasteiger partial charge on any atom is 0.305 e. The van der Waals surface area contributed by atoms with Crippen LogP contribution in [0.2, 0.25) is 10.0 Å². The molecule has 1 aliphatic heterocycles. The Morgan fingerprint density at radius 1 is 1.36 bits per heavy atom. The maximum absolute atomic E-state index is 12.8. The van der Waals surface area contributed by atoms with Crippen LogP contribution < -0.4 is 4.74 Å². The lowest BCUT2D eigenvalue weighted by Gasteiger charge is -2.35. The van der Waals surface area contributed by atoms with E-state index in [9.17, 15) is 9.59 Å². The fraction of sp³-hybridized carbons (Fsp3) is 0.529. The van der Waals surface area contributed by atoms with Crippen LogP contribution in [0.5, 0.6) is 5.75 Å². The smallest absolute Gasteiger partial charge is 0.305 e. The first-order valence-electron chi connectivity index (χ1n) is 8.11. The molecule has 0 radical (unpaired) electrons. The molecule has 1 fully saturated rings. The highest BCUT2D eigenvalue weighted by Crippen LogP contribution is 2.32. The molecule has 1 atom stereocenters. The molecule has 25 heavy (non-hydrogen) atoms. The van der Waals surface area contributed by atoms with Gasteiger partial charge in [0.15, 0.2) is 6.10 Å². The Bertz CT molecular complexity index is 619. The summed E-state index contributed by atoms with van der Waals surface area (Å²) in [6.45, 7) is 2.86. The summed E-state index contributed by atoms with van der Waals surface area (Å²) in [5.41, 5.74) is 0. The van der Waals surface area contributed by atoms with Gasteiger partial charge < -0.3 is 19.5 Å². The summed E-state index contributed by atoms with van der Waals surface area (Å²) >= 11 is 12.1. The topological polar surface area (TPSA) is 76.1 Å². The molecule has 0 bridgehead atoms. The molecule has 1 heterocycles. The van der Waals surface area contributed by atoms with Crippen LogP contribution in [0.4, 0.5) is 0 Å². The number of carboxylic acids is 1. The van der Waals surface area contributed by atoms with Gasteiger partial charge in [0.25, 0.3) is 5.91 Å². The van der Waals surface area contributed by atoms with E-state index in [1.165, 1.54) is 0 Å². The van der Waals surface area contributed by atoms with Gasteiger partial charge in [0, 0.05) is 25.8 Å². The number of carbonyl (C=O) groups is 2. The highest BCUT2D eigenvalue weighted by atomic mass is 35.5. The molecule has 1 amide bonds. The Balaban J connectivity index is 2.10. The molecular formula is C17H21Cl2NO5.